The van der Waals surface area contributed by atoms with Gasteiger partial charge in [0.15, 0.2) is 11.5 Å². The molecule has 0 saturated carbocycles. The fourth-order valence-corrected chi connectivity index (χ4v) is 3.83. The zero-order valence-corrected chi connectivity index (χ0v) is 16.3. The van der Waals surface area contributed by atoms with Gasteiger partial charge >= 0.3 is 0 Å². The lowest BCUT2D eigenvalue weighted by molar-refractivity contribution is 0.355. The van der Waals surface area contributed by atoms with Gasteiger partial charge in [-0.15, -0.1) is 0 Å². The average Bonchev–Trinajstić information content (AvgIpc) is 3.17. The molecule has 142 valence electrons. The molecule has 0 spiro atoms. The summed E-state index contributed by atoms with van der Waals surface area (Å²) in [6.45, 7) is 0. The predicted molar refractivity (Wildman–Crippen MR) is 118 cm³/mol. The third kappa shape index (κ3) is 2.90. The summed E-state index contributed by atoms with van der Waals surface area (Å²) >= 11 is 0. The first-order valence-electron chi connectivity index (χ1n) is 9.48. The number of H-pyrrole nitrogens is 1. The van der Waals surface area contributed by atoms with Crippen LogP contribution in [-0.4, -0.2) is 24.2 Å². The number of rotatable bonds is 4. The van der Waals surface area contributed by atoms with Crippen LogP contribution in [0.1, 0.15) is 0 Å². The van der Waals surface area contributed by atoms with Crippen LogP contribution in [0.15, 0.2) is 78.9 Å². The van der Waals surface area contributed by atoms with Crippen molar-refractivity contribution in [3.63, 3.8) is 0 Å². The van der Waals surface area contributed by atoms with E-state index in [1.165, 1.54) is 5.39 Å². The van der Waals surface area contributed by atoms with Crippen molar-refractivity contribution in [1.29, 1.82) is 0 Å². The van der Waals surface area contributed by atoms with E-state index < -0.39 is 0 Å². The number of fused-ring (bicyclic) bond motifs is 3. The van der Waals surface area contributed by atoms with E-state index >= 15 is 0 Å². The van der Waals surface area contributed by atoms with Crippen LogP contribution >= 0.6 is 0 Å². The van der Waals surface area contributed by atoms with Gasteiger partial charge in [0.05, 0.1) is 19.9 Å². The van der Waals surface area contributed by atoms with Crippen LogP contribution in [-0.2, 0) is 0 Å². The molecule has 2 heterocycles. The summed E-state index contributed by atoms with van der Waals surface area (Å²) in [5.74, 6) is 1.39. The summed E-state index contributed by atoms with van der Waals surface area (Å²) in [6, 6.07) is 26.8. The van der Waals surface area contributed by atoms with E-state index in [1.807, 2.05) is 30.3 Å². The molecule has 0 amide bonds. The highest BCUT2D eigenvalue weighted by atomic mass is 16.5. The Bertz CT molecular complexity index is 1320. The summed E-state index contributed by atoms with van der Waals surface area (Å²) < 4.78 is 10.9. The highest BCUT2D eigenvalue weighted by Crippen LogP contribution is 2.38. The number of nitrogens with one attached hydrogen (secondary N) is 1. The number of pyridine rings is 1. The van der Waals surface area contributed by atoms with Gasteiger partial charge in [-0.05, 0) is 41.5 Å². The number of hydrogen-bond donors (Lipinski definition) is 1. The number of ether oxygens (including phenoxy) is 2. The maximum atomic E-state index is 5.49. The minimum absolute atomic E-state index is 0.685. The molecule has 2 aromatic heterocycles. The third-order valence-corrected chi connectivity index (χ3v) is 5.23. The molecule has 3 aromatic carbocycles. The van der Waals surface area contributed by atoms with Crippen LogP contribution < -0.4 is 9.47 Å². The van der Waals surface area contributed by atoms with Gasteiger partial charge in [0.2, 0.25) is 0 Å². The van der Waals surface area contributed by atoms with E-state index in [1.54, 1.807) is 14.2 Å². The molecule has 5 rings (SSSR count). The van der Waals surface area contributed by atoms with E-state index in [2.05, 4.69) is 53.5 Å². The van der Waals surface area contributed by atoms with Gasteiger partial charge in [-0.1, -0.05) is 48.5 Å². The monoisotopic (exact) mass is 380 g/mol. The maximum absolute atomic E-state index is 5.49. The van der Waals surface area contributed by atoms with Crippen molar-refractivity contribution in [3.8, 4) is 33.9 Å². The Morgan fingerprint density at radius 3 is 2.28 bits per heavy atom. The topological polar surface area (TPSA) is 47.1 Å². The fourth-order valence-electron chi connectivity index (χ4n) is 3.83. The molecular formula is C25H20N2O2. The quantitative estimate of drug-likeness (QED) is 0.412. The fraction of sp³-hybridized carbons (Fsp3) is 0.0800. The van der Waals surface area contributed by atoms with Crippen LogP contribution in [0, 0.1) is 0 Å². The number of para-hydroxylation sites is 1. The molecule has 0 aliphatic heterocycles. The van der Waals surface area contributed by atoms with E-state index in [9.17, 15) is 0 Å². The molecule has 29 heavy (non-hydrogen) atoms. The summed E-state index contributed by atoms with van der Waals surface area (Å²) in [5.41, 5.74) is 6.11. The SMILES string of the molecule is COc1ccc(-c2cc(-c3ccccc3)c3c(n2)[nH]c2ccccc23)cc1OC. The lowest BCUT2D eigenvalue weighted by atomic mass is 9.98. The van der Waals surface area contributed by atoms with Crippen molar-refractivity contribution < 1.29 is 9.47 Å². The van der Waals surface area contributed by atoms with Crippen molar-refractivity contribution in [3.05, 3.63) is 78.9 Å². The van der Waals surface area contributed by atoms with Gasteiger partial charge in [-0.2, -0.15) is 0 Å². The molecular weight excluding hydrogens is 360 g/mol. The molecule has 0 atom stereocenters. The van der Waals surface area contributed by atoms with Gasteiger partial charge in [-0.25, -0.2) is 4.98 Å². The normalized spacial score (nSPS) is 11.1. The number of aromatic nitrogens is 2. The van der Waals surface area contributed by atoms with Crippen molar-refractivity contribution in [2.75, 3.05) is 14.2 Å². The average molecular weight is 380 g/mol. The summed E-state index contributed by atoms with van der Waals surface area (Å²) in [6.07, 6.45) is 0. The maximum Gasteiger partial charge on any atom is 0.161 e. The first-order valence-corrected chi connectivity index (χ1v) is 9.48. The van der Waals surface area contributed by atoms with Crippen LogP contribution in [0.5, 0.6) is 11.5 Å². The predicted octanol–water partition coefficient (Wildman–Crippen LogP) is 6.07. The van der Waals surface area contributed by atoms with E-state index in [0.29, 0.717) is 11.5 Å². The number of methoxy groups -OCH3 is 2. The second kappa shape index (κ2) is 6.99. The minimum Gasteiger partial charge on any atom is -0.493 e. The number of hydrogen-bond acceptors (Lipinski definition) is 3. The molecule has 4 heteroatoms. The molecule has 0 saturated heterocycles. The molecule has 0 aliphatic carbocycles. The first-order chi connectivity index (χ1) is 14.3. The van der Waals surface area contributed by atoms with Gasteiger partial charge in [0.1, 0.15) is 5.65 Å². The van der Waals surface area contributed by atoms with Crippen LogP contribution in [0.4, 0.5) is 0 Å². The second-order valence-electron chi connectivity index (χ2n) is 6.89. The molecule has 1 N–H and O–H groups in total. The van der Waals surface area contributed by atoms with Crippen LogP contribution in [0.25, 0.3) is 44.3 Å². The van der Waals surface area contributed by atoms with Crippen molar-refractivity contribution in [1.82, 2.24) is 9.97 Å². The standard InChI is InChI=1S/C25H20N2O2/c1-28-22-13-12-17(14-23(22)29-2)21-15-19(16-8-4-3-5-9-16)24-18-10-6-7-11-20(18)26-25(24)27-21/h3-15H,1-2H3,(H,26,27). The molecule has 0 aliphatic rings. The summed E-state index contributed by atoms with van der Waals surface area (Å²) in [5, 5.41) is 2.31. The molecule has 0 fully saturated rings. The Kier molecular flexibility index (Phi) is 4.17. The summed E-state index contributed by atoms with van der Waals surface area (Å²) in [7, 11) is 3.28. The Morgan fingerprint density at radius 2 is 1.48 bits per heavy atom. The van der Waals surface area contributed by atoms with Crippen molar-refractivity contribution in [2.45, 2.75) is 0 Å². The van der Waals surface area contributed by atoms with Gasteiger partial charge in [0.25, 0.3) is 0 Å². The highest BCUT2D eigenvalue weighted by Gasteiger charge is 2.15. The highest BCUT2D eigenvalue weighted by molar-refractivity contribution is 6.13. The molecule has 5 aromatic rings. The van der Waals surface area contributed by atoms with Gasteiger partial charge < -0.3 is 14.5 Å². The molecule has 0 bridgehead atoms. The Balaban J connectivity index is 1.81. The number of benzene rings is 3. The number of nitrogens with zero attached hydrogens (tertiary/aromatic N) is 1. The second-order valence-corrected chi connectivity index (χ2v) is 6.89. The number of aromatic amines is 1. The lowest BCUT2D eigenvalue weighted by Gasteiger charge is -2.11. The Morgan fingerprint density at radius 1 is 0.724 bits per heavy atom. The smallest absolute Gasteiger partial charge is 0.161 e. The zero-order valence-electron chi connectivity index (χ0n) is 16.3. The molecule has 4 nitrogen and oxygen atoms in total. The van der Waals surface area contributed by atoms with Crippen molar-refractivity contribution >= 4 is 21.9 Å². The Hall–Kier alpha value is -3.79. The van der Waals surface area contributed by atoms with E-state index in [-0.39, 0.29) is 0 Å². The molecule has 0 unspecified atom stereocenters. The van der Waals surface area contributed by atoms with Crippen LogP contribution in [0.3, 0.4) is 0 Å². The molecule has 0 radical (unpaired) electrons. The Labute approximate surface area is 168 Å². The largest absolute Gasteiger partial charge is 0.493 e. The van der Waals surface area contributed by atoms with E-state index in [0.717, 1.165) is 38.9 Å². The zero-order chi connectivity index (χ0) is 19.8. The van der Waals surface area contributed by atoms with Crippen LogP contribution in [0.2, 0.25) is 0 Å². The lowest BCUT2D eigenvalue weighted by Crippen LogP contribution is -1.93. The third-order valence-electron chi connectivity index (χ3n) is 5.23. The van der Waals surface area contributed by atoms with Gasteiger partial charge in [-0.3, -0.25) is 0 Å². The van der Waals surface area contributed by atoms with Gasteiger partial charge in [0, 0.05) is 21.9 Å². The van der Waals surface area contributed by atoms with Crippen molar-refractivity contribution in [2.24, 2.45) is 0 Å². The minimum atomic E-state index is 0.685. The van der Waals surface area contributed by atoms with E-state index in [4.69, 9.17) is 14.5 Å². The first kappa shape index (κ1) is 17.3. The summed E-state index contributed by atoms with van der Waals surface area (Å²) in [4.78, 5) is 8.43.